The Bertz CT molecular complexity index is 804. The van der Waals surface area contributed by atoms with Gasteiger partial charge in [0.15, 0.2) is 0 Å². The zero-order chi connectivity index (χ0) is 18.6. The fraction of sp³-hybridized carbons (Fsp3) is 0.435. The van der Waals surface area contributed by atoms with Crippen LogP contribution in [0.2, 0.25) is 0 Å². The van der Waals surface area contributed by atoms with Crippen molar-refractivity contribution in [3.8, 4) is 5.75 Å². The lowest BCUT2D eigenvalue weighted by Crippen LogP contribution is -2.36. The number of nitrogens with one attached hydrogen (secondary N) is 1. The van der Waals surface area contributed by atoms with E-state index in [4.69, 9.17) is 4.74 Å². The fourth-order valence-electron chi connectivity index (χ4n) is 4.27. The summed E-state index contributed by atoms with van der Waals surface area (Å²) in [5.74, 6) is 1.11. The Morgan fingerprint density at radius 2 is 1.93 bits per heavy atom. The SMILES string of the molecule is CC1CN(CCC(=O)NC2CCCc3ccccc32)Cc2ccccc2O1. The molecule has 1 N–H and O–H groups in total. The molecule has 27 heavy (non-hydrogen) atoms. The molecule has 0 aromatic heterocycles. The zero-order valence-corrected chi connectivity index (χ0v) is 16.0. The highest BCUT2D eigenvalue weighted by Gasteiger charge is 2.23. The average Bonchev–Trinajstić information content (AvgIpc) is 2.84. The van der Waals surface area contributed by atoms with Crippen LogP contribution in [0.5, 0.6) is 5.75 Å². The molecule has 142 valence electrons. The Labute approximate surface area is 161 Å². The number of fused-ring (bicyclic) bond motifs is 2. The summed E-state index contributed by atoms with van der Waals surface area (Å²) in [6, 6.07) is 16.9. The van der Waals surface area contributed by atoms with Gasteiger partial charge in [-0.25, -0.2) is 0 Å². The van der Waals surface area contributed by atoms with Gasteiger partial charge in [-0.05, 0) is 43.4 Å². The van der Waals surface area contributed by atoms with Crippen molar-refractivity contribution in [3.63, 3.8) is 0 Å². The first-order valence-electron chi connectivity index (χ1n) is 10.0. The number of hydrogen-bond acceptors (Lipinski definition) is 3. The molecule has 0 fully saturated rings. The third-order valence-corrected chi connectivity index (χ3v) is 5.57. The predicted octanol–water partition coefficient (Wildman–Crippen LogP) is 3.85. The molecule has 1 heterocycles. The molecule has 1 aliphatic heterocycles. The highest BCUT2D eigenvalue weighted by atomic mass is 16.5. The molecule has 2 unspecified atom stereocenters. The van der Waals surface area contributed by atoms with Crippen LogP contribution in [-0.2, 0) is 17.8 Å². The second-order valence-corrected chi connectivity index (χ2v) is 7.73. The lowest BCUT2D eigenvalue weighted by Gasteiger charge is -2.27. The van der Waals surface area contributed by atoms with Crippen molar-refractivity contribution >= 4 is 5.91 Å². The van der Waals surface area contributed by atoms with Gasteiger partial charge in [-0.3, -0.25) is 9.69 Å². The van der Waals surface area contributed by atoms with E-state index in [0.29, 0.717) is 6.42 Å². The number of nitrogens with zero attached hydrogens (tertiary/aromatic N) is 1. The van der Waals surface area contributed by atoms with Gasteiger partial charge in [-0.15, -0.1) is 0 Å². The van der Waals surface area contributed by atoms with Crippen LogP contribution in [0.1, 0.15) is 48.9 Å². The predicted molar refractivity (Wildman–Crippen MR) is 107 cm³/mol. The van der Waals surface area contributed by atoms with Crippen LogP contribution in [0.3, 0.4) is 0 Å². The van der Waals surface area contributed by atoms with Crippen LogP contribution in [0, 0.1) is 0 Å². The first kappa shape index (κ1) is 18.1. The van der Waals surface area contributed by atoms with Crippen LogP contribution < -0.4 is 10.1 Å². The summed E-state index contributed by atoms with van der Waals surface area (Å²) in [6.45, 7) is 4.52. The second-order valence-electron chi connectivity index (χ2n) is 7.73. The van der Waals surface area contributed by atoms with E-state index in [9.17, 15) is 4.79 Å². The average molecular weight is 364 g/mol. The zero-order valence-electron chi connectivity index (χ0n) is 16.0. The minimum Gasteiger partial charge on any atom is -0.489 e. The Kier molecular flexibility index (Phi) is 5.44. The van der Waals surface area contributed by atoms with E-state index >= 15 is 0 Å². The van der Waals surface area contributed by atoms with Gasteiger partial charge < -0.3 is 10.1 Å². The fourth-order valence-corrected chi connectivity index (χ4v) is 4.27. The minimum absolute atomic E-state index is 0.127. The summed E-state index contributed by atoms with van der Waals surface area (Å²) in [4.78, 5) is 14.9. The van der Waals surface area contributed by atoms with Crippen molar-refractivity contribution in [2.24, 2.45) is 0 Å². The maximum absolute atomic E-state index is 12.6. The van der Waals surface area contributed by atoms with Crippen LogP contribution in [-0.4, -0.2) is 30.0 Å². The topological polar surface area (TPSA) is 41.6 Å². The molecule has 0 saturated heterocycles. The van der Waals surface area contributed by atoms with E-state index in [1.807, 2.05) is 18.2 Å². The standard InChI is InChI=1S/C23H28N2O2/c1-17-15-25(16-19-8-3-5-12-22(19)27-17)14-13-23(26)24-21-11-6-9-18-7-2-4-10-20(18)21/h2-5,7-8,10,12,17,21H,6,9,11,13-16H2,1H3,(H,24,26). The highest BCUT2D eigenvalue weighted by Crippen LogP contribution is 2.29. The smallest absolute Gasteiger partial charge is 0.221 e. The number of carbonyl (C=O) groups is 1. The first-order valence-corrected chi connectivity index (χ1v) is 10.0. The molecule has 0 bridgehead atoms. The number of carbonyl (C=O) groups excluding carboxylic acids is 1. The highest BCUT2D eigenvalue weighted by molar-refractivity contribution is 5.76. The lowest BCUT2D eigenvalue weighted by atomic mass is 9.87. The van der Waals surface area contributed by atoms with Crippen LogP contribution >= 0.6 is 0 Å². The molecule has 0 spiro atoms. The monoisotopic (exact) mass is 364 g/mol. The molecule has 0 radical (unpaired) electrons. The number of para-hydroxylation sites is 1. The summed E-state index contributed by atoms with van der Waals surface area (Å²) < 4.78 is 6.01. The van der Waals surface area contributed by atoms with Gasteiger partial charge in [0.05, 0.1) is 6.04 Å². The van der Waals surface area contributed by atoms with E-state index in [-0.39, 0.29) is 18.1 Å². The summed E-state index contributed by atoms with van der Waals surface area (Å²) in [5.41, 5.74) is 3.87. The first-order chi connectivity index (χ1) is 13.2. The number of aryl methyl sites for hydroxylation is 1. The second kappa shape index (κ2) is 8.13. The number of benzene rings is 2. The van der Waals surface area contributed by atoms with Crippen LogP contribution in [0.25, 0.3) is 0 Å². The molecule has 4 nitrogen and oxygen atoms in total. The normalized spacial score (nSPS) is 22.1. The molecule has 1 amide bonds. The molecule has 2 aromatic rings. The van der Waals surface area contributed by atoms with Crippen molar-refractivity contribution in [2.45, 2.75) is 51.3 Å². The maximum atomic E-state index is 12.6. The number of rotatable bonds is 4. The summed E-state index contributed by atoms with van der Waals surface area (Å²) in [6.07, 6.45) is 3.94. The number of amides is 1. The third kappa shape index (κ3) is 4.33. The summed E-state index contributed by atoms with van der Waals surface area (Å²) in [5, 5.41) is 3.26. The van der Waals surface area contributed by atoms with Crippen molar-refractivity contribution < 1.29 is 9.53 Å². The molecular weight excluding hydrogens is 336 g/mol. The molecule has 1 aliphatic carbocycles. The van der Waals surface area contributed by atoms with Gasteiger partial charge in [0.1, 0.15) is 11.9 Å². The van der Waals surface area contributed by atoms with E-state index < -0.39 is 0 Å². The number of ether oxygens (including phenoxy) is 1. The van der Waals surface area contributed by atoms with E-state index in [2.05, 4.69) is 47.5 Å². The van der Waals surface area contributed by atoms with Gasteiger partial charge in [-0.2, -0.15) is 0 Å². The van der Waals surface area contributed by atoms with Gasteiger partial charge in [0.2, 0.25) is 5.91 Å². The van der Waals surface area contributed by atoms with E-state index in [1.54, 1.807) is 0 Å². The van der Waals surface area contributed by atoms with E-state index in [0.717, 1.165) is 44.6 Å². The molecule has 2 aliphatic rings. The largest absolute Gasteiger partial charge is 0.489 e. The minimum atomic E-state index is 0.127. The Morgan fingerprint density at radius 3 is 2.81 bits per heavy atom. The third-order valence-electron chi connectivity index (χ3n) is 5.57. The summed E-state index contributed by atoms with van der Waals surface area (Å²) >= 11 is 0. The molecular formula is C23H28N2O2. The molecule has 0 saturated carbocycles. The van der Waals surface area contributed by atoms with Crippen LogP contribution in [0.15, 0.2) is 48.5 Å². The van der Waals surface area contributed by atoms with Crippen molar-refractivity contribution in [3.05, 3.63) is 65.2 Å². The van der Waals surface area contributed by atoms with Gasteiger partial charge in [-0.1, -0.05) is 42.5 Å². The van der Waals surface area contributed by atoms with Crippen molar-refractivity contribution in [2.75, 3.05) is 13.1 Å². The summed E-state index contributed by atoms with van der Waals surface area (Å²) in [7, 11) is 0. The lowest BCUT2D eigenvalue weighted by molar-refractivity contribution is -0.122. The van der Waals surface area contributed by atoms with Crippen molar-refractivity contribution in [1.29, 1.82) is 0 Å². The molecule has 2 atom stereocenters. The Balaban J connectivity index is 1.35. The molecule has 2 aromatic carbocycles. The van der Waals surface area contributed by atoms with E-state index in [1.165, 1.54) is 16.7 Å². The van der Waals surface area contributed by atoms with Crippen LogP contribution in [0.4, 0.5) is 0 Å². The van der Waals surface area contributed by atoms with Crippen molar-refractivity contribution in [1.82, 2.24) is 10.2 Å². The van der Waals surface area contributed by atoms with Gasteiger partial charge in [0, 0.05) is 31.6 Å². The number of hydrogen-bond donors (Lipinski definition) is 1. The Hall–Kier alpha value is -2.33. The molecule has 4 rings (SSSR count). The Morgan fingerprint density at radius 1 is 1.15 bits per heavy atom. The maximum Gasteiger partial charge on any atom is 0.221 e. The van der Waals surface area contributed by atoms with Gasteiger partial charge in [0.25, 0.3) is 0 Å². The molecule has 4 heteroatoms. The van der Waals surface area contributed by atoms with Gasteiger partial charge >= 0.3 is 0 Å². The quantitative estimate of drug-likeness (QED) is 0.896.